The van der Waals surface area contributed by atoms with E-state index < -0.39 is 11.9 Å². The normalized spacial score (nSPS) is 13.7. The first-order valence-corrected chi connectivity index (χ1v) is 9.48. The average Bonchev–Trinajstić information content (AvgIpc) is 2.51. The standard InChI is InChI=1S/C19H36O4/c1-3-5-7-9-12-16(18(20)21)14-11-15-17(19(22)23)13-10-8-6-4-2/h16-17H,3-15H2,1-2H3,(H,20,21)(H,22,23). The van der Waals surface area contributed by atoms with Crippen LogP contribution in [0.4, 0.5) is 0 Å². The van der Waals surface area contributed by atoms with Crippen LogP contribution in [0, 0.1) is 11.8 Å². The highest BCUT2D eigenvalue weighted by Gasteiger charge is 2.20. The Balaban J connectivity index is 4.05. The van der Waals surface area contributed by atoms with Crippen molar-refractivity contribution in [1.82, 2.24) is 0 Å². The van der Waals surface area contributed by atoms with Crippen LogP contribution in [0.25, 0.3) is 0 Å². The minimum absolute atomic E-state index is 0.304. The highest BCUT2D eigenvalue weighted by molar-refractivity contribution is 5.70. The van der Waals surface area contributed by atoms with Gasteiger partial charge in [-0.2, -0.15) is 0 Å². The number of rotatable bonds is 16. The molecule has 0 fully saturated rings. The Morgan fingerprint density at radius 1 is 0.609 bits per heavy atom. The van der Waals surface area contributed by atoms with Crippen molar-refractivity contribution in [2.45, 2.75) is 97.3 Å². The van der Waals surface area contributed by atoms with E-state index in [0.29, 0.717) is 19.3 Å². The van der Waals surface area contributed by atoms with E-state index in [0.717, 1.165) is 64.2 Å². The molecule has 0 aliphatic carbocycles. The lowest BCUT2D eigenvalue weighted by molar-refractivity contribution is -0.142. The van der Waals surface area contributed by atoms with Crippen LogP contribution in [0.2, 0.25) is 0 Å². The Hall–Kier alpha value is -1.06. The van der Waals surface area contributed by atoms with Gasteiger partial charge in [0.2, 0.25) is 0 Å². The summed E-state index contributed by atoms with van der Waals surface area (Å²) in [6.07, 6.45) is 12.1. The molecule has 2 N–H and O–H groups in total. The van der Waals surface area contributed by atoms with Gasteiger partial charge in [0.15, 0.2) is 0 Å². The molecule has 0 aromatic heterocycles. The molecule has 0 amide bonds. The zero-order chi connectivity index (χ0) is 17.5. The van der Waals surface area contributed by atoms with Gasteiger partial charge in [-0.05, 0) is 25.7 Å². The fraction of sp³-hybridized carbons (Fsp3) is 0.895. The van der Waals surface area contributed by atoms with Crippen molar-refractivity contribution in [3.05, 3.63) is 0 Å². The largest absolute Gasteiger partial charge is 0.481 e. The number of carbonyl (C=O) groups is 2. The molecule has 0 saturated carbocycles. The zero-order valence-corrected chi connectivity index (χ0v) is 15.1. The van der Waals surface area contributed by atoms with Crippen molar-refractivity contribution in [2.24, 2.45) is 11.8 Å². The summed E-state index contributed by atoms with van der Waals surface area (Å²) in [7, 11) is 0. The van der Waals surface area contributed by atoms with Gasteiger partial charge >= 0.3 is 11.9 Å². The van der Waals surface area contributed by atoms with Crippen LogP contribution >= 0.6 is 0 Å². The van der Waals surface area contributed by atoms with Gasteiger partial charge in [-0.15, -0.1) is 0 Å². The first kappa shape index (κ1) is 21.9. The van der Waals surface area contributed by atoms with E-state index in [4.69, 9.17) is 0 Å². The second-order valence-electron chi connectivity index (χ2n) is 6.70. The van der Waals surface area contributed by atoms with Gasteiger partial charge in [0.1, 0.15) is 0 Å². The summed E-state index contributed by atoms with van der Waals surface area (Å²) in [6, 6.07) is 0. The monoisotopic (exact) mass is 328 g/mol. The molecule has 4 heteroatoms. The van der Waals surface area contributed by atoms with Gasteiger partial charge in [0.25, 0.3) is 0 Å². The Kier molecular flexibility index (Phi) is 13.9. The van der Waals surface area contributed by atoms with Crippen molar-refractivity contribution >= 4 is 11.9 Å². The molecule has 0 aromatic rings. The molecule has 0 radical (unpaired) electrons. The molecule has 0 aliphatic heterocycles. The maximum Gasteiger partial charge on any atom is 0.306 e. The topological polar surface area (TPSA) is 74.6 Å². The van der Waals surface area contributed by atoms with Gasteiger partial charge in [0.05, 0.1) is 11.8 Å². The SMILES string of the molecule is CCCCCCC(CCCC(CCCCCC)C(=O)O)C(=O)O. The van der Waals surface area contributed by atoms with E-state index in [-0.39, 0.29) is 11.8 Å². The van der Waals surface area contributed by atoms with Gasteiger partial charge in [0, 0.05) is 0 Å². The van der Waals surface area contributed by atoms with Crippen molar-refractivity contribution < 1.29 is 19.8 Å². The Morgan fingerprint density at radius 2 is 0.957 bits per heavy atom. The Bertz CT molecular complexity index is 284. The lowest BCUT2D eigenvalue weighted by Crippen LogP contribution is -2.17. The van der Waals surface area contributed by atoms with Crippen molar-refractivity contribution in [3.8, 4) is 0 Å². The van der Waals surface area contributed by atoms with Crippen LogP contribution in [0.3, 0.4) is 0 Å². The lowest BCUT2D eigenvalue weighted by atomic mass is 9.90. The first-order chi connectivity index (χ1) is 11.0. The third-order valence-electron chi connectivity index (χ3n) is 4.62. The van der Waals surface area contributed by atoms with E-state index in [9.17, 15) is 19.8 Å². The quantitative estimate of drug-likeness (QED) is 0.367. The van der Waals surface area contributed by atoms with E-state index in [1.807, 2.05) is 0 Å². The number of unbranched alkanes of at least 4 members (excludes halogenated alkanes) is 6. The smallest absolute Gasteiger partial charge is 0.306 e. The highest BCUT2D eigenvalue weighted by atomic mass is 16.4. The molecular weight excluding hydrogens is 292 g/mol. The molecule has 0 aliphatic rings. The van der Waals surface area contributed by atoms with Crippen molar-refractivity contribution in [1.29, 1.82) is 0 Å². The second kappa shape index (κ2) is 14.5. The van der Waals surface area contributed by atoms with Gasteiger partial charge in [-0.3, -0.25) is 9.59 Å². The molecule has 0 spiro atoms. The van der Waals surface area contributed by atoms with Crippen LogP contribution in [-0.4, -0.2) is 22.2 Å². The van der Waals surface area contributed by atoms with E-state index in [1.165, 1.54) is 0 Å². The number of hydrogen-bond donors (Lipinski definition) is 2. The van der Waals surface area contributed by atoms with Crippen LogP contribution in [0.15, 0.2) is 0 Å². The Morgan fingerprint density at radius 3 is 1.26 bits per heavy atom. The highest BCUT2D eigenvalue weighted by Crippen LogP contribution is 2.22. The van der Waals surface area contributed by atoms with Crippen LogP contribution in [-0.2, 0) is 9.59 Å². The van der Waals surface area contributed by atoms with Crippen LogP contribution < -0.4 is 0 Å². The van der Waals surface area contributed by atoms with Crippen LogP contribution in [0.5, 0.6) is 0 Å². The van der Waals surface area contributed by atoms with E-state index in [2.05, 4.69) is 13.8 Å². The summed E-state index contributed by atoms with van der Waals surface area (Å²) in [5.41, 5.74) is 0. The molecule has 0 rings (SSSR count). The molecule has 2 atom stereocenters. The third-order valence-corrected chi connectivity index (χ3v) is 4.62. The summed E-state index contributed by atoms with van der Waals surface area (Å²) in [6.45, 7) is 4.28. The number of hydrogen-bond acceptors (Lipinski definition) is 2. The molecule has 0 bridgehead atoms. The molecular formula is C19H36O4. The van der Waals surface area contributed by atoms with Crippen molar-refractivity contribution in [3.63, 3.8) is 0 Å². The molecule has 0 heterocycles. The molecule has 23 heavy (non-hydrogen) atoms. The second-order valence-corrected chi connectivity index (χ2v) is 6.70. The maximum absolute atomic E-state index is 11.3. The fourth-order valence-electron chi connectivity index (χ4n) is 3.03. The average molecular weight is 328 g/mol. The lowest BCUT2D eigenvalue weighted by Gasteiger charge is -2.15. The fourth-order valence-corrected chi connectivity index (χ4v) is 3.03. The van der Waals surface area contributed by atoms with E-state index >= 15 is 0 Å². The van der Waals surface area contributed by atoms with Gasteiger partial charge in [-0.25, -0.2) is 0 Å². The molecule has 2 unspecified atom stereocenters. The van der Waals surface area contributed by atoms with Crippen LogP contribution in [0.1, 0.15) is 97.3 Å². The van der Waals surface area contributed by atoms with Crippen molar-refractivity contribution in [2.75, 3.05) is 0 Å². The first-order valence-electron chi connectivity index (χ1n) is 9.48. The summed E-state index contributed by atoms with van der Waals surface area (Å²) >= 11 is 0. The van der Waals surface area contributed by atoms with E-state index in [1.54, 1.807) is 0 Å². The molecule has 0 saturated heterocycles. The predicted octanol–water partition coefficient (Wildman–Crippen LogP) is 5.50. The summed E-state index contributed by atoms with van der Waals surface area (Å²) < 4.78 is 0. The number of aliphatic carboxylic acids is 2. The summed E-state index contributed by atoms with van der Waals surface area (Å²) in [5.74, 6) is -2.06. The third kappa shape index (κ3) is 12.1. The minimum atomic E-state index is -0.726. The minimum Gasteiger partial charge on any atom is -0.481 e. The summed E-state index contributed by atoms with van der Waals surface area (Å²) in [5, 5.41) is 18.6. The number of carboxylic acids is 2. The molecule has 136 valence electrons. The summed E-state index contributed by atoms with van der Waals surface area (Å²) in [4.78, 5) is 22.6. The van der Waals surface area contributed by atoms with Gasteiger partial charge < -0.3 is 10.2 Å². The number of carboxylic acid groups (broad SMARTS) is 2. The van der Waals surface area contributed by atoms with Gasteiger partial charge in [-0.1, -0.05) is 71.6 Å². The predicted molar refractivity (Wildman–Crippen MR) is 93.6 cm³/mol. The zero-order valence-electron chi connectivity index (χ0n) is 15.1. The molecule has 4 nitrogen and oxygen atoms in total. The molecule has 0 aromatic carbocycles. The Labute approximate surface area is 141 Å². The maximum atomic E-state index is 11.3.